The summed E-state index contributed by atoms with van der Waals surface area (Å²) in [4.78, 5) is 16.4. The predicted octanol–water partition coefficient (Wildman–Crippen LogP) is 2.58. The maximum Gasteiger partial charge on any atom is 0.272 e. The molecule has 0 radical (unpaired) electrons. The van der Waals surface area contributed by atoms with Crippen LogP contribution in [0.3, 0.4) is 0 Å². The molecule has 0 saturated heterocycles. The van der Waals surface area contributed by atoms with Crippen molar-refractivity contribution in [3.63, 3.8) is 0 Å². The summed E-state index contributed by atoms with van der Waals surface area (Å²) in [6, 6.07) is 5.52. The lowest BCUT2D eigenvalue weighted by molar-refractivity contribution is 0.803. The zero-order chi connectivity index (χ0) is 11.0. The maximum atomic E-state index is 11.9. The van der Waals surface area contributed by atoms with Gasteiger partial charge in [-0.05, 0) is 34.0 Å². The monoisotopic (exact) mass is 266 g/mol. The summed E-state index contributed by atoms with van der Waals surface area (Å²) in [6.07, 6.45) is 1.72. The van der Waals surface area contributed by atoms with E-state index >= 15 is 0 Å². The molecule has 0 aromatic carbocycles. The third-order valence-corrected chi connectivity index (χ3v) is 3.00. The van der Waals surface area contributed by atoms with Gasteiger partial charge >= 0.3 is 0 Å². The van der Waals surface area contributed by atoms with Crippen molar-refractivity contribution in [2.45, 2.75) is 19.8 Å². The summed E-state index contributed by atoms with van der Waals surface area (Å²) in [5.41, 5.74) is 1.45. The first-order valence-electron chi connectivity index (χ1n) is 4.78. The molecule has 2 heterocycles. The molecule has 3 nitrogen and oxygen atoms in total. The highest BCUT2D eigenvalue weighted by molar-refractivity contribution is 9.10. The Hall–Kier alpha value is -1.16. The highest BCUT2D eigenvalue weighted by Gasteiger charge is 2.12. The van der Waals surface area contributed by atoms with Crippen molar-refractivity contribution in [3.05, 3.63) is 44.9 Å². The number of halogens is 1. The Morgan fingerprint density at radius 2 is 2.13 bits per heavy atom. The van der Waals surface area contributed by atoms with Gasteiger partial charge in [0.05, 0.1) is 5.69 Å². The van der Waals surface area contributed by atoms with Gasteiger partial charge in [-0.25, -0.2) is 4.98 Å². The Bertz CT molecular complexity index is 560. The van der Waals surface area contributed by atoms with Crippen LogP contribution in [-0.4, -0.2) is 9.38 Å². The quantitative estimate of drug-likeness (QED) is 0.795. The molecule has 2 rings (SSSR count). The third kappa shape index (κ3) is 1.69. The molecule has 0 atom stereocenters. The van der Waals surface area contributed by atoms with Crippen LogP contribution in [0.15, 0.2) is 33.7 Å². The molecule has 0 unspecified atom stereocenters. The maximum absolute atomic E-state index is 11.9. The number of rotatable bonds is 1. The first-order chi connectivity index (χ1) is 7.11. The van der Waals surface area contributed by atoms with Crippen LogP contribution in [0.2, 0.25) is 0 Å². The summed E-state index contributed by atoms with van der Waals surface area (Å²) < 4.78 is 2.09. The van der Waals surface area contributed by atoms with Crippen molar-refractivity contribution in [3.8, 4) is 0 Å². The van der Waals surface area contributed by atoms with Crippen molar-refractivity contribution >= 4 is 21.6 Å². The van der Waals surface area contributed by atoms with Gasteiger partial charge < -0.3 is 0 Å². The highest BCUT2D eigenvalue weighted by atomic mass is 79.9. The van der Waals surface area contributed by atoms with E-state index in [4.69, 9.17) is 0 Å². The van der Waals surface area contributed by atoms with Gasteiger partial charge in [0.1, 0.15) is 10.1 Å². The summed E-state index contributed by atoms with van der Waals surface area (Å²) in [7, 11) is 0. The lowest BCUT2D eigenvalue weighted by Gasteiger charge is -2.08. The van der Waals surface area contributed by atoms with Crippen molar-refractivity contribution in [1.29, 1.82) is 0 Å². The molecule has 0 amide bonds. The van der Waals surface area contributed by atoms with E-state index in [1.54, 1.807) is 6.20 Å². The number of nitrogens with zero attached hydrogens (tertiary/aromatic N) is 2. The summed E-state index contributed by atoms with van der Waals surface area (Å²) in [5, 5.41) is 0. The van der Waals surface area contributed by atoms with Crippen LogP contribution >= 0.6 is 15.9 Å². The molecular formula is C11H11BrN2O. The Kier molecular flexibility index (Phi) is 2.61. The van der Waals surface area contributed by atoms with Crippen LogP contribution in [0.25, 0.3) is 5.65 Å². The van der Waals surface area contributed by atoms with Gasteiger partial charge in [-0.2, -0.15) is 0 Å². The van der Waals surface area contributed by atoms with E-state index in [0.717, 1.165) is 5.69 Å². The average Bonchev–Trinajstić information content (AvgIpc) is 2.23. The fraction of sp³-hybridized carbons (Fsp3) is 0.273. The SMILES string of the molecule is CC(C)c1nc2ccccn2c(=O)c1Br. The second-order valence-corrected chi connectivity index (χ2v) is 4.49. The Labute approximate surface area is 95.9 Å². The Morgan fingerprint density at radius 1 is 1.40 bits per heavy atom. The number of aromatic nitrogens is 2. The number of hydrogen-bond acceptors (Lipinski definition) is 2. The van der Waals surface area contributed by atoms with Crippen LogP contribution < -0.4 is 5.56 Å². The highest BCUT2D eigenvalue weighted by Crippen LogP contribution is 2.19. The van der Waals surface area contributed by atoms with E-state index in [1.165, 1.54) is 4.40 Å². The first kappa shape index (κ1) is 10.4. The zero-order valence-corrected chi connectivity index (χ0v) is 10.2. The normalized spacial score (nSPS) is 11.2. The summed E-state index contributed by atoms with van der Waals surface area (Å²) >= 11 is 3.31. The molecule has 0 saturated carbocycles. The third-order valence-electron chi connectivity index (χ3n) is 2.25. The first-order valence-corrected chi connectivity index (χ1v) is 5.57. The molecular weight excluding hydrogens is 256 g/mol. The van der Waals surface area contributed by atoms with E-state index in [9.17, 15) is 4.79 Å². The molecule has 0 bridgehead atoms. The predicted molar refractivity (Wildman–Crippen MR) is 63.3 cm³/mol. The second kappa shape index (κ2) is 3.77. The van der Waals surface area contributed by atoms with Crippen molar-refractivity contribution < 1.29 is 0 Å². The van der Waals surface area contributed by atoms with E-state index in [1.807, 2.05) is 32.0 Å². The number of fused-ring (bicyclic) bond motifs is 1. The van der Waals surface area contributed by atoms with Gasteiger partial charge in [0.15, 0.2) is 0 Å². The van der Waals surface area contributed by atoms with Gasteiger partial charge in [0.25, 0.3) is 5.56 Å². The molecule has 0 spiro atoms. The Morgan fingerprint density at radius 3 is 2.80 bits per heavy atom. The average molecular weight is 267 g/mol. The van der Waals surface area contributed by atoms with Crippen LogP contribution in [0.1, 0.15) is 25.5 Å². The molecule has 0 aliphatic rings. The minimum atomic E-state index is -0.0516. The topological polar surface area (TPSA) is 34.4 Å². The second-order valence-electron chi connectivity index (χ2n) is 3.70. The lowest BCUT2D eigenvalue weighted by atomic mass is 10.1. The number of hydrogen-bond donors (Lipinski definition) is 0. The fourth-order valence-electron chi connectivity index (χ4n) is 1.47. The van der Waals surface area contributed by atoms with E-state index < -0.39 is 0 Å². The molecule has 4 heteroatoms. The van der Waals surface area contributed by atoms with Gasteiger partial charge in [-0.1, -0.05) is 19.9 Å². The van der Waals surface area contributed by atoms with E-state index in [-0.39, 0.29) is 11.5 Å². The molecule has 0 fully saturated rings. The van der Waals surface area contributed by atoms with Crippen molar-refractivity contribution in [1.82, 2.24) is 9.38 Å². The summed E-state index contributed by atoms with van der Waals surface area (Å²) in [5.74, 6) is 0.234. The van der Waals surface area contributed by atoms with Crippen molar-refractivity contribution in [2.24, 2.45) is 0 Å². The molecule has 2 aromatic rings. The van der Waals surface area contributed by atoms with Gasteiger partial charge in [-0.15, -0.1) is 0 Å². The van der Waals surface area contributed by atoms with E-state index in [0.29, 0.717) is 10.1 Å². The smallest absolute Gasteiger partial charge is 0.268 e. The number of pyridine rings is 1. The molecule has 0 N–H and O–H groups in total. The minimum absolute atomic E-state index is 0.0516. The van der Waals surface area contributed by atoms with Gasteiger partial charge in [0, 0.05) is 6.20 Å². The lowest BCUT2D eigenvalue weighted by Crippen LogP contribution is -2.18. The molecule has 15 heavy (non-hydrogen) atoms. The fourth-order valence-corrected chi connectivity index (χ4v) is 2.20. The standard InChI is InChI=1S/C11H11BrN2O/c1-7(2)10-9(12)11(15)14-6-4-3-5-8(14)13-10/h3-7H,1-2H3. The molecule has 78 valence electrons. The van der Waals surface area contributed by atoms with Crippen LogP contribution in [-0.2, 0) is 0 Å². The van der Waals surface area contributed by atoms with Crippen LogP contribution in [0.4, 0.5) is 0 Å². The molecule has 2 aromatic heterocycles. The van der Waals surface area contributed by atoms with Crippen molar-refractivity contribution in [2.75, 3.05) is 0 Å². The van der Waals surface area contributed by atoms with Gasteiger partial charge in [0.2, 0.25) is 0 Å². The van der Waals surface area contributed by atoms with E-state index in [2.05, 4.69) is 20.9 Å². The summed E-state index contributed by atoms with van der Waals surface area (Å²) in [6.45, 7) is 4.04. The Balaban J connectivity index is 2.89. The van der Waals surface area contributed by atoms with Gasteiger partial charge in [-0.3, -0.25) is 9.20 Å². The zero-order valence-electron chi connectivity index (χ0n) is 8.57. The van der Waals surface area contributed by atoms with Crippen LogP contribution in [0, 0.1) is 0 Å². The molecule has 0 aliphatic carbocycles. The molecule has 0 aliphatic heterocycles. The van der Waals surface area contributed by atoms with Crippen LogP contribution in [0.5, 0.6) is 0 Å². The largest absolute Gasteiger partial charge is 0.272 e. The minimum Gasteiger partial charge on any atom is -0.268 e.